The molecule has 1 fully saturated rings. The molecular formula is C9H19NS. The van der Waals surface area contributed by atoms with Crippen molar-refractivity contribution in [1.82, 2.24) is 4.90 Å². The minimum Gasteiger partial charge on any atom is -0.306 e. The van der Waals surface area contributed by atoms with Gasteiger partial charge in [0, 0.05) is 6.54 Å². The van der Waals surface area contributed by atoms with Gasteiger partial charge in [0.15, 0.2) is 0 Å². The second-order valence-electron chi connectivity index (χ2n) is 3.64. The molecule has 1 heterocycles. The molecule has 0 spiro atoms. The zero-order valence-corrected chi connectivity index (χ0v) is 8.32. The van der Waals surface area contributed by atoms with E-state index in [4.69, 9.17) is 0 Å². The first-order valence-electron chi connectivity index (χ1n) is 4.62. The van der Waals surface area contributed by atoms with Gasteiger partial charge < -0.3 is 4.90 Å². The molecule has 0 radical (unpaired) electrons. The Morgan fingerprint density at radius 3 is 3.00 bits per heavy atom. The summed E-state index contributed by atoms with van der Waals surface area (Å²) in [6, 6.07) is 0. The third-order valence-electron chi connectivity index (χ3n) is 2.49. The lowest BCUT2D eigenvalue weighted by Gasteiger charge is -2.29. The molecule has 0 aromatic carbocycles. The van der Waals surface area contributed by atoms with E-state index in [1.165, 1.54) is 38.8 Å². The molecule has 11 heavy (non-hydrogen) atoms. The van der Waals surface area contributed by atoms with Crippen LogP contribution in [0.4, 0.5) is 0 Å². The van der Waals surface area contributed by atoms with Crippen molar-refractivity contribution in [3.63, 3.8) is 0 Å². The molecule has 0 bridgehead atoms. The Morgan fingerprint density at radius 2 is 2.36 bits per heavy atom. The number of hydrogen-bond acceptors (Lipinski definition) is 2. The van der Waals surface area contributed by atoms with Crippen molar-refractivity contribution in [3.8, 4) is 0 Å². The first-order chi connectivity index (χ1) is 5.33. The van der Waals surface area contributed by atoms with Crippen LogP contribution in [0, 0.1) is 5.92 Å². The molecule has 1 saturated heterocycles. The lowest BCUT2D eigenvalue weighted by molar-refractivity contribution is 0.202. The van der Waals surface area contributed by atoms with Crippen molar-refractivity contribution >= 4 is 12.6 Å². The van der Waals surface area contributed by atoms with Gasteiger partial charge in [0.25, 0.3) is 0 Å². The van der Waals surface area contributed by atoms with E-state index in [-0.39, 0.29) is 0 Å². The van der Waals surface area contributed by atoms with Gasteiger partial charge in [-0.05, 0) is 50.9 Å². The Morgan fingerprint density at radius 1 is 1.55 bits per heavy atom. The van der Waals surface area contributed by atoms with E-state index >= 15 is 0 Å². The summed E-state index contributed by atoms with van der Waals surface area (Å²) in [7, 11) is 2.23. The van der Waals surface area contributed by atoms with Crippen molar-refractivity contribution in [1.29, 1.82) is 0 Å². The highest BCUT2D eigenvalue weighted by Gasteiger charge is 2.15. The van der Waals surface area contributed by atoms with Gasteiger partial charge in [-0.15, -0.1) is 0 Å². The molecule has 0 amide bonds. The zero-order valence-electron chi connectivity index (χ0n) is 7.42. The molecular weight excluding hydrogens is 154 g/mol. The first-order valence-corrected chi connectivity index (χ1v) is 5.25. The van der Waals surface area contributed by atoms with Crippen LogP contribution in [0.3, 0.4) is 0 Å². The van der Waals surface area contributed by atoms with Gasteiger partial charge in [-0.25, -0.2) is 0 Å². The van der Waals surface area contributed by atoms with Gasteiger partial charge in [0.1, 0.15) is 0 Å². The van der Waals surface area contributed by atoms with E-state index in [2.05, 4.69) is 24.6 Å². The normalized spacial score (nSPS) is 27.3. The Hall–Kier alpha value is 0.310. The summed E-state index contributed by atoms with van der Waals surface area (Å²) in [5.74, 6) is 2.01. The van der Waals surface area contributed by atoms with Crippen molar-refractivity contribution in [2.24, 2.45) is 5.92 Å². The average molecular weight is 173 g/mol. The van der Waals surface area contributed by atoms with E-state index in [0.29, 0.717) is 0 Å². The van der Waals surface area contributed by atoms with Crippen LogP contribution in [0.2, 0.25) is 0 Å². The SMILES string of the molecule is CN1CCCC(CCCS)C1. The average Bonchev–Trinajstić information content (AvgIpc) is 2.01. The highest BCUT2D eigenvalue weighted by atomic mass is 32.1. The van der Waals surface area contributed by atoms with Crippen molar-refractivity contribution in [2.75, 3.05) is 25.9 Å². The smallest absolute Gasteiger partial charge is 0.000662 e. The summed E-state index contributed by atoms with van der Waals surface area (Å²) in [5, 5.41) is 0. The van der Waals surface area contributed by atoms with Crippen LogP contribution in [0.1, 0.15) is 25.7 Å². The Balaban J connectivity index is 2.12. The molecule has 1 nitrogen and oxygen atoms in total. The number of thiol groups is 1. The molecule has 1 atom stereocenters. The molecule has 1 aliphatic heterocycles. The van der Waals surface area contributed by atoms with Crippen LogP contribution in [0.15, 0.2) is 0 Å². The highest BCUT2D eigenvalue weighted by molar-refractivity contribution is 7.80. The van der Waals surface area contributed by atoms with Crippen LogP contribution >= 0.6 is 12.6 Å². The Labute approximate surface area is 75.6 Å². The summed E-state index contributed by atoms with van der Waals surface area (Å²) in [6.07, 6.45) is 5.52. The van der Waals surface area contributed by atoms with Crippen LogP contribution in [0.25, 0.3) is 0 Å². The van der Waals surface area contributed by atoms with Gasteiger partial charge >= 0.3 is 0 Å². The summed E-state index contributed by atoms with van der Waals surface area (Å²) in [5.41, 5.74) is 0. The number of hydrogen-bond donors (Lipinski definition) is 1. The van der Waals surface area contributed by atoms with Gasteiger partial charge in [-0.3, -0.25) is 0 Å². The van der Waals surface area contributed by atoms with Crippen LogP contribution in [0.5, 0.6) is 0 Å². The quantitative estimate of drug-likeness (QED) is 0.639. The molecule has 0 aromatic rings. The predicted octanol–water partition coefficient (Wildman–Crippen LogP) is 2.04. The fourth-order valence-corrected chi connectivity index (χ4v) is 2.07. The maximum absolute atomic E-state index is 4.23. The fraction of sp³-hybridized carbons (Fsp3) is 1.00. The number of likely N-dealkylation sites (tertiary alicyclic amines) is 1. The molecule has 1 rings (SSSR count). The van der Waals surface area contributed by atoms with E-state index < -0.39 is 0 Å². The highest BCUT2D eigenvalue weighted by Crippen LogP contribution is 2.19. The second-order valence-corrected chi connectivity index (χ2v) is 4.08. The van der Waals surface area contributed by atoms with E-state index in [1.807, 2.05) is 0 Å². The minimum absolute atomic E-state index is 0.959. The minimum atomic E-state index is 0.959. The maximum atomic E-state index is 4.23. The van der Waals surface area contributed by atoms with Gasteiger partial charge in [0.05, 0.1) is 0 Å². The molecule has 0 aliphatic carbocycles. The predicted molar refractivity (Wildman–Crippen MR) is 53.3 cm³/mol. The molecule has 2 heteroatoms. The van der Waals surface area contributed by atoms with Crippen molar-refractivity contribution in [3.05, 3.63) is 0 Å². The molecule has 66 valence electrons. The molecule has 0 aromatic heterocycles. The monoisotopic (exact) mass is 173 g/mol. The third kappa shape index (κ3) is 3.48. The Bertz CT molecular complexity index is 106. The van der Waals surface area contributed by atoms with E-state index in [0.717, 1.165) is 11.7 Å². The van der Waals surface area contributed by atoms with Crippen molar-refractivity contribution < 1.29 is 0 Å². The molecule has 1 unspecified atom stereocenters. The van der Waals surface area contributed by atoms with E-state index in [9.17, 15) is 0 Å². The van der Waals surface area contributed by atoms with Gasteiger partial charge in [0.2, 0.25) is 0 Å². The molecule has 1 aliphatic rings. The van der Waals surface area contributed by atoms with Crippen molar-refractivity contribution in [2.45, 2.75) is 25.7 Å². The van der Waals surface area contributed by atoms with Gasteiger partial charge in [-0.1, -0.05) is 0 Å². The molecule has 0 N–H and O–H groups in total. The second kappa shape index (κ2) is 5.04. The summed E-state index contributed by atoms with van der Waals surface area (Å²) in [6.45, 7) is 2.62. The van der Waals surface area contributed by atoms with Crippen LogP contribution in [-0.2, 0) is 0 Å². The number of rotatable bonds is 3. The first kappa shape index (κ1) is 9.40. The standard InChI is InChI=1S/C9H19NS/c1-10-6-2-4-9(8-10)5-3-7-11/h9,11H,2-8H2,1H3. The lowest BCUT2D eigenvalue weighted by Crippen LogP contribution is -2.31. The van der Waals surface area contributed by atoms with E-state index in [1.54, 1.807) is 0 Å². The Kier molecular flexibility index (Phi) is 4.31. The van der Waals surface area contributed by atoms with Crippen LogP contribution < -0.4 is 0 Å². The lowest BCUT2D eigenvalue weighted by atomic mass is 9.94. The topological polar surface area (TPSA) is 3.24 Å². The van der Waals surface area contributed by atoms with Crippen LogP contribution in [-0.4, -0.2) is 30.8 Å². The number of piperidine rings is 1. The fourth-order valence-electron chi connectivity index (χ4n) is 1.89. The van der Waals surface area contributed by atoms with Gasteiger partial charge in [-0.2, -0.15) is 12.6 Å². The summed E-state index contributed by atoms with van der Waals surface area (Å²) < 4.78 is 0. The summed E-state index contributed by atoms with van der Waals surface area (Å²) in [4.78, 5) is 2.45. The zero-order chi connectivity index (χ0) is 8.10. The molecule has 0 saturated carbocycles. The largest absolute Gasteiger partial charge is 0.306 e. The summed E-state index contributed by atoms with van der Waals surface area (Å²) >= 11 is 4.23. The number of nitrogens with zero attached hydrogens (tertiary/aromatic N) is 1. The maximum Gasteiger partial charge on any atom is 0.000662 e. The third-order valence-corrected chi connectivity index (χ3v) is 2.81.